The lowest BCUT2D eigenvalue weighted by Crippen LogP contribution is -2.44. The number of pyridine rings is 1. The Morgan fingerprint density at radius 1 is 1.53 bits per heavy atom. The van der Waals surface area contributed by atoms with Gasteiger partial charge in [0.1, 0.15) is 0 Å². The van der Waals surface area contributed by atoms with E-state index in [0.717, 1.165) is 19.0 Å². The summed E-state index contributed by atoms with van der Waals surface area (Å²) < 4.78 is 0. The third kappa shape index (κ3) is 2.67. The van der Waals surface area contributed by atoms with Crippen LogP contribution in [0.3, 0.4) is 0 Å². The molecule has 1 unspecified atom stereocenters. The first-order chi connectivity index (χ1) is 8.14. The SMILES string of the molecule is CNCC1CCN(Cc2cccnc2)C1(C)C. The van der Waals surface area contributed by atoms with Crippen molar-refractivity contribution in [2.24, 2.45) is 5.92 Å². The summed E-state index contributed by atoms with van der Waals surface area (Å²) in [6.45, 7) is 8.03. The quantitative estimate of drug-likeness (QED) is 0.861. The van der Waals surface area contributed by atoms with E-state index < -0.39 is 0 Å². The summed E-state index contributed by atoms with van der Waals surface area (Å²) in [6, 6.07) is 4.18. The van der Waals surface area contributed by atoms with Crippen molar-refractivity contribution in [2.45, 2.75) is 32.4 Å². The van der Waals surface area contributed by atoms with Crippen LogP contribution in [0, 0.1) is 5.92 Å². The van der Waals surface area contributed by atoms with E-state index in [9.17, 15) is 0 Å². The van der Waals surface area contributed by atoms with Gasteiger partial charge in [-0.2, -0.15) is 0 Å². The fourth-order valence-electron chi connectivity index (χ4n) is 2.80. The summed E-state index contributed by atoms with van der Waals surface area (Å²) in [5.41, 5.74) is 1.59. The van der Waals surface area contributed by atoms with Gasteiger partial charge < -0.3 is 5.32 Å². The number of likely N-dealkylation sites (tertiary alicyclic amines) is 1. The average Bonchev–Trinajstić information content (AvgIpc) is 2.58. The smallest absolute Gasteiger partial charge is 0.0312 e. The van der Waals surface area contributed by atoms with Gasteiger partial charge >= 0.3 is 0 Å². The molecule has 1 aliphatic heterocycles. The highest BCUT2D eigenvalue weighted by Crippen LogP contribution is 2.35. The Hall–Kier alpha value is -0.930. The molecule has 1 fully saturated rings. The van der Waals surface area contributed by atoms with Gasteiger partial charge in [-0.25, -0.2) is 0 Å². The maximum absolute atomic E-state index is 4.19. The Morgan fingerprint density at radius 2 is 2.35 bits per heavy atom. The van der Waals surface area contributed by atoms with Crippen molar-refractivity contribution in [3.63, 3.8) is 0 Å². The number of aromatic nitrogens is 1. The van der Waals surface area contributed by atoms with E-state index in [0.29, 0.717) is 0 Å². The molecular weight excluding hydrogens is 210 g/mol. The molecule has 3 nitrogen and oxygen atoms in total. The Labute approximate surface area is 104 Å². The van der Waals surface area contributed by atoms with Gasteiger partial charge in [-0.15, -0.1) is 0 Å². The lowest BCUT2D eigenvalue weighted by molar-refractivity contribution is 0.130. The molecule has 0 aliphatic carbocycles. The van der Waals surface area contributed by atoms with Crippen LogP contribution < -0.4 is 5.32 Å². The first-order valence-corrected chi connectivity index (χ1v) is 6.43. The van der Waals surface area contributed by atoms with Crippen LogP contribution in [0.25, 0.3) is 0 Å². The van der Waals surface area contributed by atoms with Crippen molar-refractivity contribution in [1.82, 2.24) is 15.2 Å². The van der Waals surface area contributed by atoms with E-state index in [1.54, 1.807) is 0 Å². The van der Waals surface area contributed by atoms with Gasteiger partial charge in [0.15, 0.2) is 0 Å². The molecule has 2 rings (SSSR count). The number of nitrogens with zero attached hydrogens (tertiary/aromatic N) is 2. The molecule has 0 radical (unpaired) electrons. The molecule has 3 heteroatoms. The van der Waals surface area contributed by atoms with E-state index in [1.165, 1.54) is 18.5 Å². The number of nitrogens with one attached hydrogen (secondary N) is 1. The first kappa shape index (κ1) is 12.5. The van der Waals surface area contributed by atoms with Gasteiger partial charge in [-0.1, -0.05) is 6.07 Å². The molecule has 0 amide bonds. The van der Waals surface area contributed by atoms with Crippen LogP contribution in [0.15, 0.2) is 24.5 Å². The number of rotatable bonds is 4. The van der Waals surface area contributed by atoms with Crippen LogP contribution >= 0.6 is 0 Å². The largest absolute Gasteiger partial charge is 0.319 e. The van der Waals surface area contributed by atoms with Crippen LogP contribution in [-0.2, 0) is 6.54 Å². The normalized spacial score (nSPS) is 24.1. The zero-order chi connectivity index (χ0) is 12.3. The standard InChI is InChI=1S/C14H23N3/c1-14(2)13(10-15-3)6-8-17(14)11-12-5-4-7-16-9-12/h4-5,7,9,13,15H,6,8,10-11H2,1-3H3. The highest BCUT2D eigenvalue weighted by atomic mass is 15.2. The molecule has 1 aromatic rings. The van der Waals surface area contributed by atoms with E-state index in [2.05, 4.69) is 35.1 Å². The van der Waals surface area contributed by atoms with E-state index >= 15 is 0 Å². The molecule has 1 aliphatic rings. The highest BCUT2D eigenvalue weighted by molar-refractivity contribution is 5.10. The molecule has 94 valence electrons. The van der Waals surface area contributed by atoms with Crippen LogP contribution in [0.2, 0.25) is 0 Å². The van der Waals surface area contributed by atoms with Crippen LogP contribution in [0.4, 0.5) is 0 Å². The molecule has 1 saturated heterocycles. The minimum atomic E-state index is 0.277. The van der Waals surface area contributed by atoms with E-state index in [1.807, 2.05) is 25.5 Å². The molecule has 1 N–H and O–H groups in total. The number of hydrogen-bond donors (Lipinski definition) is 1. The Balaban J connectivity index is 2.03. The maximum atomic E-state index is 4.19. The molecule has 2 heterocycles. The summed E-state index contributed by atoms with van der Waals surface area (Å²) >= 11 is 0. The molecule has 0 saturated carbocycles. The Kier molecular flexibility index (Phi) is 3.79. The second kappa shape index (κ2) is 5.15. The molecule has 17 heavy (non-hydrogen) atoms. The van der Waals surface area contributed by atoms with E-state index in [-0.39, 0.29) is 5.54 Å². The third-order valence-electron chi connectivity index (χ3n) is 4.11. The Morgan fingerprint density at radius 3 is 3.00 bits per heavy atom. The summed E-state index contributed by atoms with van der Waals surface area (Å²) in [7, 11) is 2.04. The lowest BCUT2D eigenvalue weighted by atomic mass is 9.88. The monoisotopic (exact) mass is 233 g/mol. The summed E-state index contributed by atoms with van der Waals surface area (Å²) in [4.78, 5) is 6.77. The molecule has 0 spiro atoms. The highest BCUT2D eigenvalue weighted by Gasteiger charge is 2.40. The van der Waals surface area contributed by atoms with Gasteiger partial charge in [-0.05, 0) is 58.0 Å². The number of hydrogen-bond acceptors (Lipinski definition) is 3. The van der Waals surface area contributed by atoms with Crippen LogP contribution in [-0.4, -0.2) is 35.6 Å². The summed E-state index contributed by atoms with van der Waals surface area (Å²) in [5, 5.41) is 3.31. The third-order valence-corrected chi connectivity index (χ3v) is 4.11. The van der Waals surface area contributed by atoms with Gasteiger partial charge in [0, 0.05) is 24.5 Å². The van der Waals surface area contributed by atoms with Crippen molar-refractivity contribution < 1.29 is 0 Å². The fraction of sp³-hybridized carbons (Fsp3) is 0.643. The van der Waals surface area contributed by atoms with E-state index in [4.69, 9.17) is 0 Å². The first-order valence-electron chi connectivity index (χ1n) is 6.43. The van der Waals surface area contributed by atoms with Crippen molar-refractivity contribution in [3.8, 4) is 0 Å². The van der Waals surface area contributed by atoms with Crippen molar-refractivity contribution in [1.29, 1.82) is 0 Å². The lowest BCUT2D eigenvalue weighted by Gasteiger charge is -2.36. The minimum Gasteiger partial charge on any atom is -0.319 e. The van der Waals surface area contributed by atoms with Crippen LogP contribution in [0.1, 0.15) is 25.8 Å². The molecule has 0 aromatic carbocycles. The summed E-state index contributed by atoms with van der Waals surface area (Å²) in [5.74, 6) is 0.740. The molecule has 0 bridgehead atoms. The summed E-state index contributed by atoms with van der Waals surface area (Å²) in [6.07, 6.45) is 5.10. The van der Waals surface area contributed by atoms with Crippen LogP contribution in [0.5, 0.6) is 0 Å². The average molecular weight is 233 g/mol. The van der Waals surface area contributed by atoms with Gasteiger partial charge in [0.2, 0.25) is 0 Å². The zero-order valence-corrected chi connectivity index (χ0v) is 11.1. The fourth-order valence-corrected chi connectivity index (χ4v) is 2.80. The van der Waals surface area contributed by atoms with Crippen molar-refractivity contribution in [3.05, 3.63) is 30.1 Å². The molecule has 1 aromatic heterocycles. The second-order valence-corrected chi connectivity index (χ2v) is 5.48. The van der Waals surface area contributed by atoms with Gasteiger partial charge in [-0.3, -0.25) is 9.88 Å². The molecular formula is C14H23N3. The topological polar surface area (TPSA) is 28.2 Å². The predicted molar refractivity (Wildman–Crippen MR) is 70.8 cm³/mol. The van der Waals surface area contributed by atoms with Gasteiger partial charge in [0.25, 0.3) is 0 Å². The zero-order valence-electron chi connectivity index (χ0n) is 11.1. The Bertz CT molecular complexity index is 348. The predicted octanol–water partition coefficient (Wildman–Crippen LogP) is 1.90. The second-order valence-electron chi connectivity index (χ2n) is 5.48. The molecule has 1 atom stereocenters. The maximum Gasteiger partial charge on any atom is 0.0312 e. The van der Waals surface area contributed by atoms with Gasteiger partial charge in [0.05, 0.1) is 0 Å². The minimum absolute atomic E-state index is 0.277. The van der Waals surface area contributed by atoms with Crippen molar-refractivity contribution >= 4 is 0 Å². The van der Waals surface area contributed by atoms with Crippen molar-refractivity contribution in [2.75, 3.05) is 20.1 Å².